The average Bonchev–Trinajstić information content (AvgIpc) is 2.48. The van der Waals surface area contributed by atoms with Crippen LogP contribution in [0.15, 0.2) is 52.3 Å². The van der Waals surface area contributed by atoms with Crippen molar-refractivity contribution < 1.29 is 0 Å². The smallest absolute Gasteiger partial charge is 0.0378 e. The summed E-state index contributed by atoms with van der Waals surface area (Å²) in [4.78, 5) is 7.62. The lowest BCUT2D eigenvalue weighted by Crippen LogP contribution is -2.44. The fourth-order valence-electron chi connectivity index (χ4n) is 2.82. The van der Waals surface area contributed by atoms with Crippen molar-refractivity contribution in [2.24, 2.45) is 5.92 Å². The van der Waals surface area contributed by atoms with E-state index in [1.807, 2.05) is 11.8 Å². The molecule has 3 rings (SSSR count). The third-order valence-corrected chi connectivity index (χ3v) is 5.16. The molecule has 1 fully saturated rings. The second-order valence-electron chi connectivity index (χ2n) is 6.07. The van der Waals surface area contributed by atoms with Crippen LogP contribution in [-0.4, -0.2) is 38.1 Å². The SMILES string of the molecule is CC1C=C(Sc2cccc(N3CCN(C)CC3)c2)C=CC1. The van der Waals surface area contributed by atoms with Crippen LogP contribution >= 0.6 is 11.8 Å². The normalized spacial score (nSPS) is 23.2. The highest BCUT2D eigenvalue weighted by atomic mass is 32.2. The van der Waals surface area contributed by atoms with Gasteiger partial charge in [0.25, 0.3) is 0 Å². The Hall–Kier alpha value is -1.19. The third-order valence-electron chi connectivity index (χ3n) is 4.16. The molecular weight excluding hydrogens is 276 g/mol. The fourth-order valence-corrected chi connectivity index (χ4v) is 3.88. The van der Waals surface area contributed by atoms with E-state index in [-0.39, 0.29) is 0 Å². The zero-order valence-corrected chi connectivity index (χ0v) is 13.8. The van der Waals surface area contributed by atoms with Gasteiger partial charge in [-0.2, -0.15) is 0 Å². The van der Waals surface area contributed by atoms with E-state index in [4.69, 9.17) is 0 Å². The van der Waals surface area contributed by atoms with Gasteiger partial charge in [-0.1, -0.05) is 43.0 Å². The van der Waals surface area contributed by atoms with Crippen LogP contribution in [0.25, 0.3) is 0 Å². The monoisotopic (exact) mass is 300 g/mol. The summed E-state index contributed by atoms with van der Waals surface area (Å²) in [6.45, 7) is 6.85. The molecule has 112 valence electrons. The van der Waals surface area contributed by atoms with Crippen LogP contribution in [-0.2, 0) is 0 Å². The molecule has 1 aliphatic carbocycles. The summed E-state index contributed by atoms with van der Waals surface area (Å²) in [6, 6.07) is 8.98. The highest BCUT2D eigenvalue weighted by molar-refractivity contribution is 8.03. The summed E-state index contributed by atoms with van der Waals surface area (Å²) in [5.41, 5.74) is 1.36. The first-order valence-corrected chi connectivity index (χ1v) is 8.62. The van der Waals surface area contributed by atoms with Crippen molar-refractivity contribution in [3.63, 3.8) is 0 Å². The first-order chi connectivity index (χ1) is 10.2. The van der Waals surface area contributed by atoms with Crippen LogP contribution in [0.4, 0.5) is 5.69 Å². The molecule has 0 radical (unpaired) electrons. The molecule has 3 heteroatoms. The number of anilines is 1. The standard InChI is InChI=1S/C18H24N2S/c1-15-5-3-7-17(13-15)21-18-8-4-6-16(14-18)20-11-9-19(2)10-12-20/h3-4,6-8,13-15H,5,9-12H2,1-2H3. The van der Waals surface area contributed by atoms with Gasteiger partial charge in [-0.3, -0.25) is 0 Å². The van der Waals surface area contributed by atoms with Crippen LogP contribution in [0, 0.1) is 5.92 Å². The largest absolute Gasteiger partial charge is 0.369 e. The second-order valence-corrected chi connectivity index (χ2v) is 7.22. The number of rotatable bonds is 3. The van der Waals surface area contributed by atoms with Gasteiger partial charge in [0, 0.05) is 41.7 Å². The van der Waals surface area contributed by atoms with E-state index in [1.165, 1.54) is 21.9 Å². The number of allylic oxidation sites excluding steroid dienone is 3. The Morgan fingerprint density at radius 1 is 1.14 bits per heavy atom. The van der Waals surface area contributed by atoms with E-state index in [1.54, 1.807) is 0 Å². The lowest BCUT2D eigenvalue weighted by molar-refractivity contribution is 0.313. The molecule has 1 aromatic rings. The number of hydrogen-bond acceptors (Lipinski definition) is 3. The summed E-state index contributed by atoms with van der Waals surface area (Å²) in [5, 5.41) is 0. The summed E-state index contributed by atoms with van der Waals surface area (Å²) >= 11 is 1.88. The molecule has 0 N–H and O–H groups in total. The van der Waals surface area contributed by atoms with Gasteiger partial charge in [0.15, 0.2) is 0 Å². The summed E-state index contributed by atoms with van der Waals surface area (Å²) in [7, 11) is 2.20. The van der Waals surface area contributed by atoms with Crippen molar-refractivity contribution >= 4 is 17.4 Å². The van der Waals surface area contributed by atoms with Gasteiger partial charge in [0.05, 0.1) is 0 Å². The second kappa shape index (κ2) is 6.71. The average molecular weight is 300 g/mol. The Bertz CT molecular complexity index is 542. The van der Waals surface area contributed by atoms with Crippen LogP contribution in [0.2, 0.25) is 0 Å². The Balaban J connectivity index is 1.70. The number of benzene rings is 1. The molecule has 1 atom stereocenters. The number of piperazine rings is 1. The van der Waals surface area contributed by atoms with Gasteiger partial charge in [0.2, 0.25) is 0 Å². The molecule has 1 saturated heterocycles. The first-order valence-electron chi connectivity index (χ1n) is 7.80. The predicted octanol–water partition coefficient (Wildman–Crippen LogP) is 4.01. The molecule has 0 bridgehead atoms. The van der Waals surface area contributed by atoms with E-state index in [0.29, 0.717) is 5.92 Å². The molecule has 0 saturated carbocycles. The molecule has 0 aromatic heterocycles. The maximum absolute atomic E-state index is 2.50. The molecule has 0 spiro atoms. The van der Waals surface area contributed by atoms with Crippen molar-refractivity contribution in [3.05, 3.63) is 47.4 Å². The van der Waals surface area contributed by atoms with Gasteiger partial charge in [-0.15, -0.1) is 0 Å². The highest BCUT2D eigenvalue weighted by Gasteiger charge is 2.14. The quantitative estimate of drug-likeness (QED) is 0.833. The summed E-state index contributed by atoms with van der Waals surface area (Å²) in [5.74, 6) is 0.665. The topological polar surface area (TPSA) is 6.48 Å². The zero-order chi connectivity index (χ0) is 14.7. The van der Waals surface area contributed by atoms with Crippen molar-refractivity contribution in [2.45, 2.75) is 18.2 Å². The van der Waals surface area contributed by atoms with Crippen molar-refractivity contribution in [1.82, 2.24) is 4.90 Å². The number of likely N-dealkylation sites (N-methyl/N-ethyl adjacent to an activating group) is 1. The summed E-state index contributed by atoms with van der Waals surface area (Å²) in [6.07, 6.45) is 8.10. The van der Waals surface area contributed by atoms with Crippen LogP contribution < -0.4 is 4.90 Å². The van der Waals surface area contributed by atoms with E-state index in [0.717, 1.165) is 26.2 Å². The Kier molecular flexibility index (Phi) is 4.71. The first kappa shape index (κ1) is 14.7. The minimum atomic E-state index is 0.665. The van der Waals surface area contributed by atoms with Crippen LogP contribution in [0.5, 0.6) is 0 Å². The molecule has 2 nitrogen and oxygen atoms in total. The molecule has 1 unspecified atom stereocenters. The van der Waals surface area contributed by atoms with Crippen molar-refractivity contribution in [1.29, 1.82) is 0 Å². The number of nitrogens with zero attached hydrogens (tertiary/aromatic N) is 2. The lowest BCUT2D eigenvalue weighted by atomic mass is 10.0. The zero-order valence-electron chi connectivity index (χ0n) is 13.0. The van der Waals surface area contributed by atoms with Gasteiger partial charge in [-0.25, -0.2) is 0 Å². The Labute approximate surface area is 132 Å². The van der Waals surface area contributed by atoms with Crippen molar-refractivity contribution in [2.75, 3.05) is 38.1 Å². The van der Waals surface area contributed by atoms with Crippen LogP contribution in [0.3, 0.4) is 0 Å². The molecule has 21 heavy (non-hydrogen) atoms. The Morgan fingerprint density at radius 3 is 2.71 bits per heavy atom. The fraction of sp³-hybridized carbons (Fsp3) is 0.444. The lowest BCUT2D eigenvalue weighted by Gasteiger charge is -2.34. The molecule has 1 aliphatic heterocycles. The third kappa shape index (κ3) is 3.92. The van der Waals surface area contributed by atoms with E-state index in [9.17, 15) is 0 Å². The number of thioether (sulfide) groups is 1. The van der Waals surface area contributed by atoms with Gasteiger partial charge >= 0.3 is 0 Å². The highest BCUT2D eigenvalue weighted by Crippen LogP contribution is 2.33. The van der Waals surface area contributed by atoms with E-state index in [2.05, 4.69) is 66.3 Å². The minimum Gasteiger partial charge on any atom is -0.369 e. The molecule has 1 aromatic carbocycles. The van der Waals surface area contributed by atoms with Crippen molar-refractivity contribution in [3.8, 4) is 0 Å². The van der Waals surface area contributed by atoms with Gasteiger partial charge in [0.1, 0.15) is 0 Å². The van der Waals surface area contributed by atoms with Gasteiger partial charge < -0.3 is 9.80 Å². The van der Waals surface area contributed by atoms with E-state index < -0.39 is 0 Å². The molecular formula is C18H24N2S. The number of hydrogen-bond donors (Lipinski definition) is 0. The maximum Gasteiger partial charge on any atom is 0.0378 e. The van der Waals surface area contributed by atoms with Crippen LogP contribution in [0.1, 0.15) is 13.3 Å². The van der Waals surface area contributed by atoms with Gasteiger partial charge in [-0.05, 0) is 37.6 Å². The Morgan fingerprint density at radius 2 is 1.95 bits per heavy atom. The molecule has 2 aliphatic rings. The molecule has 1 heterocycles. The van der Waals surface area contributed by atoms with E-state index >= 15 is 0 Å². The minimum absolute atomic E-state index is 0.665. The molecule has 0 amide bonds. The predicted molar refractivity (Wildman–Crippen MR) is 93.0 cm³/mol. The summed E-state index contributed by atoms with van der Waals surface area (Å²) < 4.78 is 0. The maximum atomic E-state index is 2.50.